The second-order valence-electron chi connectivity index (χ2n) is 6.68. The van der Waals surface area contributed by atoms with Crippen LogP contribution in [0.4, 0.5) is 4.39 Å². The zero-order valence-electron chi connectivity index (χ0n) is 15.8. The summed E-state index contributed by atoms with van der Waals surface area (Å²) in [6.07, 6.45) is -0.626. The van der Waals surface area contributed by atoms with E-state index in [1.54, 1.807) is 14.0 Å². The molecule has 6 nitrogen and oxygen atoms in total. The molecule has 29 heavy (non-hydrogen) atoms. The lowest BCUT2D eigenvalue weighted by molar-refractivity contribution is -0.112. The Hall–Kier alpha value is -2.90. The van der Waals surface area contributed by atoms with Gasteiger partial charge in [0.1, 0.15) is 28.9 Å². The van der Waals surface area contributed by atoms with Crippen LogP contribution in [0.3, 0.4) is 0 Å². The lowest BCUT2D eigenvalue weighted by Gasteiger charge is -2.28. The van der Waals surface area contributed by atoms with Gasteiger partial charge in [-0.2, -0.15) is 5.10 Å². The molecule has 8 heteroatoms. The van der Waals surface area contributed by atoms with Gasteiger partial charge in [0, 0.05) is 23.7 Å². The highest BCUT2D eigenvalue weighted by atomic mass is 35.5. The van der Waals surface area contributed by atoms with Crippen LogP contribution in [0.15, 0.2) is 42.5 Å². The summed E-state index contributed by atoms with van der Waals surface area (Å²) in [6, 6.07) is 12.1. The van der Waals surface area contributed by atoms with Crippen molar-refractivity contribution in [1.29, 1.82) is 0 Å². The lowest BCUT2D eigenvalue weighted by atomic mass is 10.1. The van der Waals surface area contributed by atoms with E-state index in [2.05, 4.69) is 5.10 Å². The maximum atomic E-state index is 14.1. The summed E-state index contributed by atoms with van der Waals surface area (Å²) in [7, 11) is 1.63. The Balaban J connectivity index is 1.57. The third kappa shape index (κ3) is 3.83. The summed E-state index contributed by atoms with van der Waals surface area (Å²) < 4.78 is 32.5. The molecule has 3 aromatic rings. The molecule has 0 fully saturated rings. The second kappa shape index (κ2) is 7.85. The fourth-order valence-corrected chi connectivity index (χ4v) is 3.49. The quantitative estimate of drug-likeness (QED) is 0.586. The lowest BCUT2D eigenvalue weighted by Crippen LogP contribution is -2.20. The molecule has 0 amide bonds. The Morgan fingerprint density at radius 3 is 2.79 bits per heavy atom. The number of aromatic nitrogens is 2. The number of aryl methyl sites for hydroxylation is 2. The number of hydrogen-bond acceptors (Lipinski definition) is 5. The predicted octanol–water partition coefficient (Wildman–Crippen LogP) is 4.49. The van der Waals surface area contributed by atoms with Crippen molar-refractivity contribution in [2.24, 2.45) is 7.05 Å². The monoisotopic (exact) mass is 416 g/mol. The minimum atomic E-state index is -0.634. The van der Waals surface area contributed by atoms with Gasteiger partial charge < -0.3 is 14.2 Å². The van der Waals surface area contributed by atoms with Crippen LogP contribution in [0, 0.1) is 12.7 Å². The fraction of sp³-hybridized carbons (Fsp3) is 0.238. The summed E-state index contributed by atoms with van der Waals surface area (Å²) in [5.74, 6) is -0.644. The van der Waals surface area contributed by atoms with Crippen LogP contribution in [0.1, 0.15) is 39.0 Å². The maximum Gasteiger partial charge on any atom is 0.343 e. The molecule has 0 spiro atoms. The minimum absolute atomic E-state index is 0.175. The first-order valence-electron chi connectivity index (χ1n) is 8.94. The Morgan fingerprint density at radius 2 is 2.10 bits per heavy atom. The van der Waals surface area contributed by atoms with Crippen LogP contribution < -0.4 is 4.74 Å². The third-order valence-electron chi connectivity index (χ3n) is 4.61. The normalized spacial score (nSPS) is 15.5. The van der Waals surface area contributed by atoms with E-state index >= 15 is 0 Å². The van der Waals surface area contributed by atoms with Crippen LogP contribution in [0.2, 0.25) is 5.15 Å². The number of ether oxygens (including phenoxy) is 3. The summed E-state index contributed by atoms with van der Waals surface area (Å²) in [4.78, 5) is 12.5. The van der Waals surface area contributed by atoms with E-state index in [1.165, 1.54) is 16.8 Å². The number of halogens is 2. The number of benzene rings is 2. The van der Waals surface area contributed by atoms with Crippen LogP contribution in [0.5, 0.6) is 5.75 Å². The molecule has 4 rings (SSSR count). The first-order chi connectivity index (χ1) is 13.9. The van der Waals surface area contributed by atoms with Gasteiger partial charge in [-0.15, -0.1) is 0 Å². The van der Waals surface area contributed by atoms with Gasteiger partial charge in [-0.25, -0.2) is 9.18 Å². The zero-order chi connectivity index (χ0) is 20.5. The highest BCUT2D eigenvalue weighted by Gasteiger charge is 2.26. The Labute approximate surface area is 171 Å². The average Bonchev–Trinajstić information content (AvgIpc) is 2.97. The largest absolute Gasteiger partial charge is 0.460 e. The van der Waals surface area contributed by atoms with E-state index in [0.717, 1.165) is 5.56 Å². The van der Waals surface area contributed by atoms with Crippen molar-refractivity contribution in [3.05, 3.63) is 81.4 Å². The first-order valence-corrected chi connectivity index (χ1v) is 9.32. The van der Waals surface area contributed by atoms with E-state index < -0.39 is 18.1 Å². The van der Waals surface area contributed by atoms with E-state index in [0.29, 0.717) is 22.6 Å². The van der Waals surface area contributed by atoms with Gasteiger partial charge in [-0.05, 0) is 19.1 Å². The van der Waals surface area contributed by atoms with Crippen molar-refractivity contribution in [2.45, 2.75) is 26.4 Å². The molecule has 150 valence electrons. The Morgan fingerprint density at radius 1 is 1.34 bits per heavy atom. The molecule has 0 unspecified atom stereocenters. The number of carbonyl (C=O) groups excluding carboxylic acids is 1. The molecule has 0 N–H and O–H groups in total. The van der Waals surface area contributed by atoms with Gasteiger partial charge in [0.05, 0.1) is 12.3 Å². The summed E-state index contributed by atoms with van der Waals surface area (Å²) in [6.45, 7) is 1.67. The number of carbonyl (C=O) groups is 1. The van der Waals surface area contributed by atoms with Gasteiger partial charge in [0.25, 0.3) is 0 Å². The Bertz CT molecular complexity index is 1070. The number of esters is 1. The average molecular weight is 417 g/mol. The van der Waals surface area contributed by atoms with Gasteiger partial charge in [0.2, 0.25) is 6.29 Å². The zero-order valence-corrected chi connectivity index (χ0v) is 16.6. The van der Waals surface area contributed by atoms with Crippen molar-refractivity contribution < 1.29 is 23.4 Å². The predicted molar refractivity (Wildman–Crippen MR) is 103 cm³/mol. The molecule has 1 aliphatic heterocycles. The molecule has 0 saturated heterocycles. The fourth-order valence-electron chi connectivity index (χ4n) is 3.24. The molecule has 2 heterocycles. The van der Waals surface area contributed by atoms with Crippen LogP contribution >= 0.6 is 11.6 Å². The molecular weight excluding hydrogens is 399 g/mol. The molecular formula is C21H18ClFN2O4. The van der Waals surface area contributed by atoms with Gasteiger partial charge in [-0.1, -0.05) is 41.9 Å². The van der Waals surface area contributed by atoms with Crippen molar-refractivity contribution in [3.8, 4) is 5.75 Å². The van der Waals surface area contributed by atoms with Crippen molar-refractivity contribution in [2.75, 3.05) is 0 Å². The van der Waals surface area contributed by atoms with Gasteiger partial charge >= 0.3 is 5.97 Å². The van der Waals surface area contributed by atoms with Crippen LogP contribution in [0.25, 0.3) is 0 Å². The van der Waals surface area contributed by atoms with E-state index in [-0.39, 0.29) is 23.9 Å². The van der Waals surface area contributed by atoms with E-state index in [9.17, 15) is 9.18 Å². The number of fused-ring (bicyclic) bond motifs is 1. The minimum Gasteiger partial charge on any atom is -0.460 e. The van der Waals surface area contributed by atoms with Crippen LogP contribution in [-0.2, 0) is 29.7 Å². The molecule has 0 bridgehead atoms. The van der Waals surface area contributed by atoms with Crippen molar-refractivity contribution in [3.63, 3.8) is 0 Å². The van der Waals surface area contributed by atoms with Crippen molar-refractivity contribution >= 4 is 17.6 Å². The standard InChI is InChI=1S/C21H18ClFN2O4/c1-12-17(19(22)25(2)24-12)20(26)27-10-14-8-16(23)9-15-11-28-21(29-18(14)15)13-6-4-3-5-7-13/h3-9,21H,10-11H2,1-2H3/t21-/m1/s1. The third-order valence-corrected chi connectivity index (χ3v) is 5.04. The van der Waals surface area contributed by atoms with E-state index in [1.807, 2.05) is 30.3 Å². The maximum absolute atomic E-state index is 14.1. The molecule has 0 saturated carbocycles. The molecule has 1 atom stereocenters. The Kier molecular flexibility index (Phi) is 5.25. The molecule has 1 aromatic heterocycles. The van der Waals surface area contributed by atoms with Crippen LogP contribution in [-0.4, -0.2) is 15.7 Å². The molecule has 0 radical (unpaired) electrons. The van der Waals surface area contributed by atoms with Crippen molar-refractivity contribution in [1.82, 2.24) is 9.78 Å². The molecule has 0 aliphatic carbocycles. The molecule has 2 aromatic carbocycles. The summed E-state index contributed by atoms with van der Waals surface area (Å²) in [5, 5.41) is 4.28. The highest BCUT2D eigenvalue weighted by Crippen LogP contribution is 2.37. The summed E-state index contributed by atoms with van der Waals surface area (Å²) >= 11 is 6.12. The smallest absolute Gasteiger partial charge is 0.343 e. The topological polar surface area (TPSA) is 62.6 Å². The van der Waals surface area contributed by atoms with Gasteiger partial charge in [0.15, 0.2) is 0 Å². The second-order valence-corrected chi connectivity index (χ2v) is 7.03. The number of hydrogen-bond donors (Lipinski definition) is 0. The van der Waals surface area contributed by atoms with E-state index in [4.69, 9.17) is 25.8 Å². The number of nitrogens with zero attached hydrogens (tertiary/aromatic N) is 2. The molecule has 1 aliphatic rings. The summed E-state index contributed by atoms with van der Waals surface area (Å²) in [5.41, 5.74) is 2.45. The SMILES string of the molecule is Cc1nn(C)c(Cl)c1C(=O)OCc1cc(F)cc2c1O[C@H](c1ccccc1)OC2. The van der Waals surface area contributed by atoms with Gasteiger partial charge in [-0.3, -0.25) is 4.68 Å². The highest BCUT2D eigenvalue weighted by molar-refractivity contribution is 6.32. The number of rotatable bonds is 4. The first kappa shape index (κ1) is 19.4.